The van der Waals surface area contributed by atoms with Gasteiger partial charge in [0.25, 0.3) is 0 Å². The molecule has 0 fully saturated rings. The van der Waals surface area contributed by atoms with E-state index in [2.05, 4.69) is 20.6 Å². The summed E-state index contributed by atoms with van der Waals surface area (Å²) >= 11 is 0. The molecule has 1 atom stereocenters. The first-order chi connectivity index (χ1) is 12.6. The molecule has 1 unspecified atom stereocenters. The van der Waals surface area contributed by atoms with Crippen LogP contribution in [0, 0.1) is 6.92 Å². The van der Waals surface area contributed by atoms with Crippen molar-refractivity contribution in [1.29, 1.82) is 0 Å². The maximum absolute atomic E-state index is 6.00. The topological polar surface area (TPSA) is 67.8 Å². The Hall–Kier alpha value is -2.76. The second-order valence-electron chi connectivity index (χ2n) is 5.94. The van der Waals surface area contributed by atoms with Crippen molar-refractivity contribution >= 4 is 5.96 Å². The van der Waals surface area contributed by atoms with Crippen LogP contribution in [0.15, 0.2) is 47.6 Å². The molecule has 0 amide bonds. The van der Waals surface area contributed by atoms with E-state index >= 15 is 0 Å². The van der Waals surface area contributed by atoms with Gasteiger partial charge >= 0.3 is 0 Å². The maximum Gasteiger partial charge on any atom is 0.218 e. The molecule has 2 rings (SSSR count). The lowest BCUT2D eigenvalue weighted by Crippen LogP contribution is -2.41. The van der Waals surface area contributed by atoms with Gasteiger partial charge in [0.05, 0.1) is 20.2 Å². The number of benzene rings is 1. The molecule has 6 nitrogen and oxygen atoms in total. The van der Waals surface area contributed by atoms with Crippen LogP contribution in [0.5, 0.6) is 11.6 Å². The number of para-hydroxylation sites is 1. The molecule has 0 saturated carbocycles. The molecule has 140 valence electrons. The summed E-state index contributed by atoms with van der Waals surface area (Å²) in [5, 5.41) is 6.56. The van der Waals surface area contributed by atoms with Crippen LogP contribution >= 0.6 is 0 Å². The largest absolute Gasteiger partial charge is 0.489 e. The van der Waals surface area contributed by atoms with Gasteiger partial charge in [-0.15, -0.1) is 0 Å². The Balaban J connectivity index is 1.93. The lowest BCUT2D eigenvalue weighted by atomic mass is 10.2. The van der Waals surface area contributed by atoms with Gasteiger partial charge in [0.2, 0.25) is 5.88 Å². The molecule has 0 saturated heterocycles. The van der Waals surface area contributed by atoms with E-state index < -0.39 is 0 Å². The molecular weight excluding hydrogens is 328 g/mol. The molecule has 1 heterocycles. The first-order valence-corrected chi connectivity index (χ1v) is 8.86. The minimum Gasteiger partial charge on any atom is -0.489 e. The number of ether oxygens (including phenoxy) is 2. The Morgan fingerprint density at radius 1 is 1.19 bits per heavy atom. The van der Waals surface area contributed by atoms with Gasteiger partial charge in [-0.25, -0.2) is 9.98 Å². The Morgan fingerprint density at radius 2 is 2.00 bits per heavy atom. The highest BCUT2D eigenvalue weighted by Crippen LogP contribution is 2.17. The zero-order valence-electron chi connectivity index (χ0n) is 16.0. The molecule has 1 aromatic heterocycles. The highest BCUT2D eigenvalue weighted by Gasteiger charge is 2.08. The summed E-state index contributed by atoms with van der Waals surface area (Å²) in [5.74, 6) is 2.24. The number of methoxy groups -OCH3 is 1. The summed E-state index contributed by atoms with van der Waals surface area (Å²) in [5.41, 5.74) is 2.07. The third-order valence-corrected chi connectivity index (χ3v) is 3.77. The number of hydrogen-bond donors (Lipinski definition) is 2. The van der Waals surface area contributed by atoms with E-state index in [1.54, 1.807) is 13.3 Å². The van der Waals surface area contributed by atoms with Crippen molar-refractivity contribution < 1.29 is 9.47 Å². The molecule has 2 aromatic rings. The van der Waals surface area contributed by atoms with Crippen LogP contribution in [0.1, 0.15) is 25.0 Å². The molecule has 26 heavy (non-hydrogen) atoms. The van der Waals surface area contributed by atoms with Crippen molar-refractivity contribution in [2.24, 2.45) is 4.99 Å². The highest BCUT2D eigenvalue weighted by molar-refractivity contribution is 5.79. The number of aromatic nitrogens is 1. The van der Waals surface area contributed by atoms with E-state index in [1.165, 1.54) is 0 Å². The van der Waals surface area contributed by atoms with Gasteiger partial charge in [0.1, 0.15) is 11.9 Å². The molecule has 2 N–H and O–H groups in total. The van der Waals surface area contributed by atoms with Gasteiger partial charge in [-0.05, 0) is 38.5 Å². The number of pyridine rings is 1. The van der Waals surface area contributed by atoms with E-state index in [1.807, 2.05) is 57.2 Å². The van der Waals surface area contributed by atoms with Crippen molar-refractivity contribution in [2.75, 3.05) is 20.2 Å². The molecule has 0 spiro atoms. The Labute approximate surface area is 155 Å². The number of rotatable bonds is 8. The van der Waals surface area contributed by atoms with Crippen LogP contribution in [-0.2, 0) is 6.54 Å². The summed E-state index contributed by atoms with van der Waals surface area (Å²) in [6.07, 6.45) is 1.72. The van der Waals surface area contributed by atoms with Crippen molar-refractivity contribution in [3.63, 3.8) is 0 Å². The van der Waals surface area contributed by atoms with E-state index in [0.29, 0.717) is 19.0 Å². The number of guanidine groups is 1. The van der Waals surface area contributed by atoms with E-state index in [-0.39, 0.29) is 6.10 Å². The summed E-state index contributed by atoms with van der Waals surface area (Å²) in [6, 6.07) is 11.9. The molecule has 6 heteroatoms. The predicted octanol–water partition coefficient (Wildman–Crippen LogP) is 2.92. The Kier molecular flexibility index (Phi) is 7.74. The highest BCUT2D eigenvalue weighted by atomic mass is 16.5. The Morgan fingerprint density at radius 3 is 2.73 bits per heavy atom. The fraction of sp³-hybridized carbons (Fsp3) is 0.400. The first kappa shape index (κ1) is 19.6. The SMILES string of the molecule is CCNC(=NCc1cccnc1OC)NCC(C)Oc1ccccc1C. The molecule has 0 bridgehead atoms. The third kappa shape index (κ3) is 5.95. The number of nitrogens with one attached hydrogen (secondary N) is 2. The van der Waals surface area contributed by atoms with Gasteiger partial charge < -0.3 is 20.1 Å². The van der Waals surface area contributed by atoms with Crippen molar-refractivity contribution in [3.8, 4) is 11.6 Å². The Bertz CT molecular complexity index is 718. The van der Waals surface area contributed by atoms with Crippen LogP contribution in [0.2, 0.25) is 0 Å². The van der Waals surface area contributed by atoms with Crippen LogP contribution in [0.25, 0.3) is 0 Å². The van der Waals surface area contributed by atoms with Gasteiger partial charge in [0.15, 0.2) is 5.96 Å². The standard InChI is InChI=1S/C20H28N4O2/c1-5-21-20(24-14-17-10-8-12-22-19(17)25-4)23-13-16(3)26-18-11-7-6-9-15(18)2/h6-12,16H,5,13-14H2,1-4H3,(H2,21,23,24). The smallest absolute Gasteiger partial charge is 0.218 e. The van der Waals surface area contributed by atoms with Crippen LogP contribution in [0.3, 0.4) is 0 Å². The van der Waals surface area contributed by atoms with E-state index in [4.69, 9.17) is 9.47 Å². The monoisotopic (exact) mass is 356 g/mol. The van der Waals surface area contributed by atoms with Crippen LogP contribution in [0.4, 0.5) is 0 Å². The minimum absolute atomic E-state index is 0.00730. The summed E-state index contributed by atoms with van der Waals surface area (Å²) < 4.78 is 11.3. The molecule has 0 aliphatic carbocycles. The average molecular weight is 356 g/mol. The number of hydrogen-bond acceptors (Lipinski definition) is 4. The fourth-order valence-corrected chi connectivity index (χ4v) is 2.42. The van der Waals surface area contributed by atoms with Gasteiger partial charge in [-0.2, -0.15) is 0 Å². The summed E-state index contributed by atoms with van der Waals surface area (Å²) in [6.45, 7) is 8.03. The second kappa shape index (κ2) is 10.3. The van der Waals surface area contributed by atoms with Gasteiger partial charge in [-0.1, -0.05) is 24.3 Å². The quantitative estimate of drug-likeness (QED) is 0.562. The number of aliphatic imine (C=N–C) groups is 1. The van der Waals surface area contributed by atoms with E-state index in [0.717, 1.165) is 29.4 Å². The maximum atomic E-state index is 6.00. The number of nitrogens with zero attached hydrogens (tertiary/aromatic N) is 2. The lowest BCUT2D eigenvalue weighted by molar-refractivity contribution is 0.222. The molecule has 0 radical (unpaired) electrons. The second-order valence-corrected chi connectivity index (χ2v) is 5.94. The zero-order chi connectivity index (χ0) is 18.8. The normalized spacial score (nSPS) is 12.4. The van der Waals surface area contributed by atoms with Crippen molar-refractivity contribution in [1.82, 2.24) is 15.6 Å². The molecule has 1 aromatic carbocycles. The molecule has 0 aliphatic heterocycles. The van der Waals surface area contributed by atoms with Gasteiger partial charge in [0, 0.05) is 18.3 Å². The third-order valence-electron chi connectivity index (χ3n) is 3.77. The molecular formula is C20H28N4O2. The average Bonchev–Trinajstić information content (AvgIpc) is 2.66. The summed E-state index contributed by atoms with van der Waals surface area (Å²) in [4.78, 5) is 8.81. The van der Waals surface area contributed by atoms with Crippen molar-refractivity contribution in [2.45, 2.75) is 33.4 Å². The van der Waals surface area contributed by atoms with Crippen molar-refractivity contribution in [3.05, 3.63) is 53.7 Å². The first-order valence-electron chi connectivity index (χ1n) is 8.86. The fourth-order valence-electron chi connectivity index (χ4n) is 2.42. The lowest BCUT2D eigenvalue weighted by Gasteiger charge is -2.18. The minimum atomic E-state index is 0.00730. The number of aryl methyl sites for hydroxylation is 1. The predicted molar refractivity (Wildman–Crippen MR) is 105 cm³/mol. The zero-order valence-corrected chi connectivity index (χ0v) is 16.0. The summed E-state index contributed by atoms with van der Waals surface area (Å²) in [7, 11) is 1.61. The van der Waals surface area contributed by atoms with E-state index in [9.17, 15) is 0 Å². The molecule has 0 aliphatic rings. The van der Waals surface area contributed by atoms with Crippen LogP contribution in [-0.4, -0.2) is 37.2 Å². The van der Waals surface area contributed by atoms with Gasteiger partial charge in [-0.3, -0.25) is 0 Å². The van der Waals surface area contributed by atoms with Crippen LogP contribution < -0.4 is 20.1 Å².